The summed E-state index contributed by atoms with van der Waals surface area (Å²) in [6, 6.07) is 7.81. The molecular formula is C14H21NO2. The number of phenols is 1. The van der Waals surface area contributed by atoms with Gasteiger partial charge in [0.15, 0.2) is 0 Å². The summed E-state index contributed by atoms with van der Waals surface area (Å²) < 4.78 is 0. The van der Waals surface area contributed by atoms with Gasteiger partial charge in [0, 0.05) is 17.5 Å². The first-order valence-corrected chi connectivity index (χ1v) is 6.14. The molecule has 1 aliphatic carbocycles. The van der Waals surface area contributed by atoms with Gasteiger partial charge in [-0.05, 0) is 31.0 Å². The van der Waals surface area contributed by atoms with E-state index >= 15 is 0 Å². The molecule has 1 aromatic carbocycles. The summed E-state index contributed by atoms with van der Waals surface area (Å²) in [5, 5.41) is 22.6. The minimum absolute atomic E-state index is 0.0644. The van der Waals surface area contributed by atoms with Gasteiger partial charge in [0.05, 0.1) is 6.10 Å². The number of aliphatic hydroxyl groups excluding tert-OH is 1. The number of hydrogen-bond acceptors (Lipinski definition) is 3. The molecule has 0 spiro atoms. The molecule has 3 nitrogen and oxygen atoms in total. The molecule has 0 saturated heterocycles. The number of hydrogen-bond donors (Lipinski definition) is 3. The average Bonchev–Trinajstić information content (AvgIpc) is 2.28. The molecule has 0 radical (unpaired) electrons. The van der Waals surface area contributed by atoms with Crippen molar-refractivity contribution in [1.29, 1.82) is 0 Å². The number of nitrogens with one attached hydrogen (secondary N) is 1. The molecule has 0 heterocycles. The lowest BCUT2D eigenvalue weighted by Crippen LogP contribution is -2.60. The molecule has 3 heteroatoms. The van der Waals surface area contributed by atoms with Crippen molar-refractivity contribution >= 4 is 0 Å². The van der Waals surface area contributed by atoms with Crippen LogP contribution in [0.15, 0.2) is 24.3 Å². The van der Waals surface area contributed by atoms with E-state index in [9.17, 15) is 10.2 Å². The van der Waals surface area contributed by atoms with E-state index in [1.54, 1.807) is 12.1 Å². The summed E-state index contributed by atoms with van der Waals surface area (Å²) in [7, 11) is 0. The summed E-state index contributed by atoms with van der Waals surface area (Å²) in [5.74, 6) is 0.295. The maximum Gasteiger partial charge on any atom is 0.115 e. The summed E-state index contributed by atoms with van der Waals surface area (Å²) in [6.07, 6.45) is 0.590. The van der Waals surface area contributed by atoms with Gasteiger partial charge in [-0.3, -0.25) is 0 Å². The van der Waals surface area contributed by atoms with E-state index in [1.165, 1.54) is 0 Å². The predicted molar refractivity (Wildman–Crippen MR) is 67.9 cm³/mol. The van der Waals surface area contributed by atoms with Crippen LogP contribution in [0, 0.1) is 5.41 Å². The van der Waals surface area contributed by atoms with Gasteiger partial charge >= 0.3 is 0 Å². The summed E-state index contributed by atoms with van der Waals surface area (Å²) in [5.41, 5.74) is 1.01. The van der Waals surface area contributed by atoms with Crippen LogP contribution < -0.4 is 5.32 Å². The van der Waals surface area contributed by atoms with Crippen LogP contribution in [0.3, 0.4) is 0 Å². The molecule has 3 atom stereocenters. The Morgan fingerprint density at radius 1 is 1.41 bits per heavy atom. The fourth-order valence-corrected chi connectivity index (χ4v) is 2.38. The maximum atomic E-state index is 9.69. The van der Waals surface area contributed by atoms with Gasteiger partial charge in [-0.1, -0.05) is 26.0 Å². The Kier molecular flexibility index (Phi) is 3.15. The van der Waals surface area contributed by atoms with E-state index in [1.807, 2.05) is 12.1 Å². The van der Waals surface area contributed by atoms with E-state index in [4.69, 9.17) is 0 Å². The second kappa shape index (κ2) is 4.31. The highest BCUT2D eigenvalue weighted by molar-refractivity contribution is 5.29. The van der Waals surface area contributed by atoms with Crippen molar-refractivity contribution in [2.24, 2.45) is 5.41 Å². The van der Waals surface area contributed by atoms with E-state index < -0.39 is 0 Å². The zero-order valence-electron chi connectivity index (χ0n) is 10.6. The molecule has 17 heavy (non-hydrogen) atoms. The van der Waals surface area contributed by atoms with Gasteiger partial charge in [0.2, 0.25) is 0 Å². The lowest BCUT2D eigenvalue weighted by molar-refractivity contribution is -0.0754. The second-order valence-corrected chi connectivity index (χ2v) is 5.61. The third-order valence-electron chi connectivity index (χ3n) is 4.04. The van der Waals surface area contributed by atoms with Crippen LogP contribution in [0.5, 0.6) is 5.75 Å². The Balaban J connectivity index is 2.01. The molecule has 3 N–H and O–H groups in total. The largest absolute Gasteiger partial charge is 0.508 e. The monoisotopic (exact) mass is 235 g/mol. The summed E-state index contributed by atoms with van der Waals surface area (Å²) in [4.78, 5) is 0. The number of aromatic hydroxyl groups is 1. The van der Waals surface area contributed by atoms with Crippen LogP contribution in [0.25, 0.3) is 0 Å². The van der Waals surface area contributed by atoms with Gasteiger partial charge in [-0.15, -0.1) is 0 Å². The van der Waals surface area contributed by atoms with Gasteiger partial charge < -0.3 is 15.5 Å². The number of aliphatic hydroxyl groups is 1. The number of benzene rings is 1. The zero-order chi connectivity index (χ0) is 12.6. The zero-order valence-corrected chi connectivity index (χ0v) is 10.6. The highest BCUT2D eigenvalue weighted by atomic mass is 16.3. The van der Waals surface area contributed by atoms with Crippen molar-refractivity contribution in [3.05, 3.63) is 29.8 Å². The van der Waals surface area contributed by atoms with Gasteiger partial charge in [0.25, 0.3) is 0 Å². The van der Waals surface area contributed by atoms with Gasteiger partial charge in [0.1, 0.15) is 5.75 Å². The molecule has 0 aliphatic heterocycles. The van der Waals surface area contributed by atoms with Crippen molar-refractivity contribution in [3.8, 4) is 5.75 Å². The van der Waals surface area contributed by atoms with Crippen molar-refractivity contribution in [2.75, 3.05) is 0 Å². The minimum Gasteiger partial charge on any atom is -0.508 e. The Morgan fingerprint density at radius 3 is 2.65 bits per heavy atom. The first kappa shape index (κ1) is 12.4. The Morgan fingerprint density at radius 2 is 2.12 bits per heavy atom. The van der Waals surface area contributed by atoms with Crippen molar-refractivity contribution in [2.45, 2.75) is 45.4 Å². The van der Waals surface area contributed by atoms with Crippen LogP contribution in [0.2, 0.25) is 0 Å². The summed E-state index contributed by atoms with van der Waals surface area (Å²) in [6.45, 7) is 6.23. The molecule has 0 aromatic heterocycles. The van der Waals surface area contributed by atoms with Crippen LogP contribution in [0.4, 0.5) is 0 Å². The molecule has 3 unspecified atom stereocenters. The van der Waals surface area contributed by atoms with Crippen LogP contribution in [0.1, 0.15) is 38.8 Å². The molecule has 0 amide bonds. The van der Waals surface area contributed by atoms with E-state index in [0.717, 1.165) is 12.0 Å². The smallest absolute Gasteiger partial charge is 0.115 e. The van der Waals surface area contributed by atoms with Crippen LogP contribution in [-0.2, 0) is 0 Å². The minimum atomic E-state index is -0.212. The molecule has 2 rings (SSSR count). The first-order valence-electron chi connectivity index (χ1n) is 6.14. The third kappa shape index (κ3) is 2.31. The fraction of sp³-hybridized carbons (Fsp3) is 0.571. The Hall–Kier alpha value is -1.06. The average molecular weight is 235 g/mol. The van der Waals surface area contributed by atoms with Crippen molar-refractivity contribution in [1.82, 2.24) is 5.32 Å². The molecule has 1 fully saturated rings. The molecule has 1 aromatic rings. The normalized spacial score (nSPS) is 28.5. The number of phenolic OH excluding ortho intramolecular Hbond substituents is 1. The van der Waals surface area contributed by atoms with Crippen molar-refractivity contribution < 1.29 is 10.2 Å². The second-order valence-electron chi connectivity index (χ2n) is 5.61. The van der Waals surface area contributed by atoms with E-state index in [0.29, 0.717) is 11.8 Å². The molecule has 1 aliphatic rings. The first-order chi connectivity index (χ1) is 7.91. The highest BCUT2D eigenvalue weighted by Gasteiger charge is 2.47. The van der Waals surface area contributed by atoms with Crippen molar-refractivity contribution in [3.63, 3.8) is 0 Å². The van der Waals surface area contributed by atoms with Crippen LogP contribution in [-0.4, -0.2) is 22.4 Å². The highest BCUT2D eigenvalue weighted by Crippen LogP contribution is 2.41. The Labute approximate surface area is 102 Å². The quantitative estimate of drug-likeness (QED) is 0.753. The topological polar surface area (TPSA) is 52.5 Å². The van der Waals surface area contributed by atoms with Gasteiger partial charge in [-0.25, -0.2) is 0 Å². The van der Waals surface area contributed by atoms with Gasteiger partial charge in [-0.2, -0.15) is 0 Å². The molecular weight excluding hydrogens is 214 g/mol. The molecule has 94 valence electrons. The van der Waals surface area contributed by atoms with E-state index in [2.05, 4.69) is 26.1 Å². The SMILES string of the molecule is CC(NC1CC(O)C1(C)C)c1cccc(O)c1. The molecule has 0 bridgehead atoms. The summed E-state index contributed by atoms with van der Waals surface area (Å²) >= 11 is 0. The predicted octanol–water partition coefficient (Wildman–Crippen LogP) is 2.20. The number of rotatable bonds is 3. The van der Waals surface area contributed by atoms with E-state index in [-0.39, 0.29) is 17.6 Å². The third-order valence-corrected chi connectivity index (χ3v) is 4.04. The Bertz CT molecular complexity index is 403. The fourth-order valence-electron chi connectivity index (χ4n) is 2.38. The van der Waals surface area contributed by atoms with Crippen LogP contribution >= 0.6 is 0 Å². The maximum absolute atomic E-state index is 9.69. The lowest BCUT2D eigenvalue weighted by Gasteiger charge is -2.50. The standard InChI is InChI=1S/C14H21NO2/c1-9(10-5-4-6-11(16)7-10)15-12-8-13(17)14(12,2)3/h4-7,9,12-13,15-17H,8H2,1-3H3. The lowest BCUT2D eigenvalue weighted by atomic mass is 9.64. The molecule has 1 saturated carbocycles.